The molecule has 0 saturated heterocycles. The number of alkyl halides is 5. The van der Waals surface area contributed by atoms with Gasteiger partial charge in [0.2, 0.25) is 10.0 Å². The monoisotopic (exact) mass is 319 g/mol. The summed E-state index contributed by atoms with van der Waals surface area (Å²) in [6.45, 7) is 0.919. The molecule has 0 aliphatic heterocycles. The summed E-state index contributed by atoms with van der Waals surface area (Å²) in [6, 6.07) is 0. The second-order valence-corrected chi connectivity index (χ2v) is 6.27. The van der Waals surface area contributed by atoms with Crippen LogP contribution >= 0.6 is 0 Å². The lowest BCUT2D eigenvalue weighted by Crippen LogP contribution is -2.35. The van der Waals surface area contributed by atoms with Crippen LogP contribution in [0.2, 0.25) is 0 Å². The van der Waals surface area contributed by atoms with Crippen LogP contribution in [0.4, 0.5) is 22.0 Å². The van der Waals surface area contributed by atoms with Crippen LogP contribution in [-0.2, 0) is 10.0 Å². The van der Waals surface area contributed by atoms with E-state index in [1.54, 1.807) is 0 Å². The van der Waals surface area contributed by atoms with Crippen molar-refractivity contribution in [3.05, 3.63) is 21.6 Å². The first-order chi connectivity index (χ1) is 8.96. The SMILES string of the molecule is CC1=C(C(F)F)C(C)=C(S(=O)(=O)NCC(F)(F)F)CC1. The molecule has 20 heavy (non-hydrogen) atoms. The third kappa shape index (κ3) is 4.02. The van der Waals surface area contributed by atoms with E-state index in [0.717, 1.165) is 0 Å². The molecule has 116 valence electrons. The molecule has 0 unspecified atom stereocenters. The molecule has 0 aromatic carbocycles. The quantitative estimate of drug-likeness (QED) is 0.809. The van der Waals surface area contributed by atoms with Crippen molar-refractivity contribution < 1.29 is 30.4 Å². The summed E-state index contributed by atoms with van der Waals surface area (Å²) >= 11 is 0. The molecule has 0 aromatic rings. The smallest absolute Gasteiger partial charge is 0.207 e. The molecule has 1 aliphatic carbocycles. The van der Waals surface area contributed by atoms with Gasteiger partial charge in [0.1, 0.15) is 6.54 Å². The molecule has 0 aromatic heterocycles. The molecule has 9 heteroatoms. The Balaban J connectivity index is 3.12. The number of halogens is 5. The lowest BCUT2D eigenvalue weighted by atomic mass is 9.93. The highest BCUT2D eigenvalue weighted by Gasteiger charge is 2.33. The third-order valence-electron chi connectivity index (χ3n) is 3.01. The molecular weight excluding hydrogens is 305 g/mol. The maximum atomic E-state index is 12.9. The van der Waals surface area contributed by atoms with Crippen molar-refractivity contribution in [2.24, 2.45) is 0 Å². The van der Waals surface area contributed by atoms with Crippen LogP contribution in [0.1, 0.15) is 26.7 Å². The highest BCUT2D eigenvalue weighted by molar-refractivity contribution is 7.93. The van der Waals surface area contributed by atoms with Crippen molar-refractivity contribution in [3.8, 4) is 0 Å². The van der Waals surface area contributed by atoms with E-state index in [-0.39, 0.29) is 18.4 Å². The fraction of sp³-hybridized carbons (Fsp3) is 0.636. The number of hydrogen-bond donors (Lipinski definition) is 1. The first-order valence-corrected chi connectivity index (χ1v) is 7.18. The summed E-state index contributed by atoms with van der Waals surface area (Å²) in [5.41, 5.74) is -0.214. The zero-order chi connectivity index (χ0) is 15.7. The second kappa shape index (κ2) is 5.80. The van der Waals surface area contributed by atoms with E-state index in [2.05, 4.69) is 0 Å². The number of hydrogen-bond acceptors (Lipinski definition) is 2. The fourth-order valence-electron chi connectivity index (χ4n) is 2.04. The summed E-state index contributed by atoms with van der Waals surface area (Å²) in [7, 11) is -4.41. The third-order valence-corrected chi connectivity index (χ3v) is 4.70. The maximum absolute atomic E-state index is 12.9. The van der Waals surface area contributed by atoms with Crippen molar-refractivity contribution in [3.63, 3.8) is 0 Å². The van der Waals surface area contributed by atoms with Gasteiger partial charge in [0, 0.05) is 5.57 Å². The number of allylic oxidation sites excluding steroid dienone is 4. The molecule has 0 saturated carbocycles. The van der Waals surface area contributed by atoms with Crippen molar-refractivity contribution in [2.45, 2.75) is 39.3 Å². The standard InChI is InChI=1S/C11H14F5NO2S/c1-6-3-4-8(7(2)9(6)10(12)13)20(18,19)17-5-11(14,15)16/h10,17H,3-5H2,1-2H3. The summed E-state index contributed by atoms with van der Waals surface area (Å²) in [4.78, 5) is -0.400. The Labute approximate surface area is 113 Å². The van der Waals surface area contributed by atoms with Crippen LogP contribution in [-0.4, -0.2) is 27.6 Å². The van der Waals surface area contributed by atoms with Gasteiger partial charge in [-0.1, -0.05) is 5.57 Å². The van der Waals surface area contributed by atoms with Crippen LogP contribution in [0.15, 0.2) is 21.6 Å². The summed E-state index contributed by atoms with van der Waals surface area (Å²) in [6.07, 6.45) is -7.56. The lowest BCUT2D eigenvalue weighted by Gasteiger charge is -2.23. The van der Waals surface area contributed by atoms with Crippen LogP contribution in [0.25, 0.3) is 0 Å². The Kier molecular flexibility index (Phi) is 4.96. The van der Waals surface area contributed by atoms with Crippen LogP contribution in [0.5, 0.6) is 0 Å². The zero-order valence-electron chi connectivity index (χ0n) is 10.8. The molecule has 0 heterocycles. The minimum atomic E-state index is -4.70. The number of nitrogens with one attached hydrogen (secondary N) is 1. The van der Waals surface area contributed by atoms with E-state index in [1.165, 1.54) is 18.6 Å². The predicted molar refractivity (Wildman–Crippen MR) is 63.6 cm³/mol. The van der Waals surface area contributed by atoms with Gasteiger partial charge in [0.15, 0.2) is 0 Å². The van der Waals surface area contributed by atoms with Gasteiger partial charge in [-0.15, -0.1) is 0 Å². The van der Waals surface area contributed by atoms with E-state index in [0.29, 0.717) is 5.57 Å². The van der Waals surface area contributed by atoms with Crippen LogP contribution in [0, 0.1) is 0 Å². The lowest BCUT2D eigenvalue weighted by molar-refractivity contribution is -0.121. The van der Waals surface area contributed by atoms with E-state index in [9.17, 15) is 30.4 Å². The highest BCUT2D eigenvalue weighted by atomic mass is 32.2. The number of rotatable bonds is 4. The molecular formula is C11H14F5NO2S. The molecule has 0 spiro atoms. The van der Waals surface area contributed by atoms with E-state index in [4.69, 9.17) is 0 Å². The van der Waals surface area contributed by atoms with Crippen molar-refractivity contribution in [1.82, 2.24) is 4.72 Å². The highest BCUT2D eigenvalue weighted by Crippen LogP contribution is 2.35. The largest absolute Gasteiger partial charge is 0.402 e. The average molecular weight is 319 g/mol. The molecule has 1 rings (SSSR count). The first kappa shape index (κ1) is 17.1. The van der Waals surface area contributed by atoms with Crippen LogP contribution in [0.3, 0.4) is 0 Å². The topological polar surface area (TPSA) is 46.2 Å². The van der Waals surface area contributed by atoms with Gasteiger partial charge < -0.3 is 0 Å². The first-order valence-electron chi connectivity index (χ1n) is 5.70. The van der Waals surface area contributed by atoms with Crippen molar-refractivity contribution in [2.75, 3.05) is 6.54 Å². The average Bonchev–Trinajstić information content (AvgIpc) is 2.24. The molecule has 0 fully saturated rings. The van der Waals surface area contributed by atoms with Gasteiger partial charge in [-0.3, -0.25) is 0 Å². The molecule has 0 atom stereocenters. The Bertz CT molecular complexity index is 546. The van der Waals surface area contributed by atoms with Crippen molar-refractivity contribution >= 4 is 10.0 Å². The Morgan fingerprint density at radius 2 is 1.75 bits per heavy atom. The van der Waals surface area contributed by atoms with Gasteiger partial charge in [0.05, 0.1) is 4.91 Å². The molecule has 1 aliphatic rings. The molecule has 0 bridgehead atoms. The van der Waals surface area contributed by atoms with Crippen molar-refractivity contribution in [1.29, 1.82) is 0 Å². The Hall–Kier alpha value is -0.960. The molecule has 0 radical (unpaired) electrons. The van der Waals surface area contributed by atoms with Gasteiger partial charge in [-0.25, -0.2) is 21.9 Å². The molecule has 3 nitrogen and oxygen atoms in total. The van der Waals surface area contributed by atoms with E-state index < -0.39 is 39.6 Å². The number of sulfonamides is 1. The fourth-order valence-corrected chi connectivity index (χ4v) is 3.46. The molecule has 0 amide bonds. The normalized spacial score (nSPS) is 18.2. The molecule has 1 N–H and O–H groups in total. The van der Waals surface area contributed by atoms with Gasteiger partial charge in [-0.2, -0.15) is 13.2 Å². The van der Waals surface area contributed by atoms with Crippen LogP contribution < -0.4 is 4.72 Å². The Morgan fingerprint density at radius 3 is 2.20 bits per heavy atom. The Morgan fingerprint density at radius 1 is 1.20 bits per heavy atom. The second-order valence-electron chi connectivity index (χ2n) is 4.48. The minimum absolute atomic E-state index is 0.0823. The van der Waals surface area contributed by atoms with Gasteiger partial charge >= 0.3 is 6.18 Å². The summed E-state index contributed by atoms with van der Waals surface area (Å²) < 4.78 is 86.8. The zero-order valence-corrected chi connectivity index (χ0v) is 11.6. The maximum Gasteiger partial charge on any atom is 0.402 e. The van der Waals surface area contributed by atoms with E-state index >= 15 is 0 Å². The summed E-state index contributed by atoms with van der Waals surface area (Å²) in [5.74, 6) is 0. The summed E-state index contributed by atoms with van der Waals surface area (Å²) in [5, 5.41) is 0. The van der Waals surface area contributed by atoms with Gasteiger partial charge in [-0.05, 0) is 32.3 Å². The van der Waals surface area contributed by atoms with E-state index in [1.807, 2.05) is 0 Å². The van der Waals surface area contributed by atoms with Gasteiger partial charge in [0.25, 0.3) is 6.43 Å². The predicted octanol–water partition coefficient (Wildman–Crippen LogP) is 3.12. The minimum Gasteiger partial charge on any atom is -0.207 e.